The molecular weight excluding hydrogens is 212 g/mol. The predicted octanol–water partition coefficient (Wildman–Crippen LogP) is 1.68. The molecule has 1 aromatic rings. The molecule has 5 heteroatoms. The average molecular weight is 226 g/mol. The predicted molar refractivity (Wildman–Crippen MR) is 59.0 cm³/mol. The third-order valence-electron chi connectivity index (χ3n) is 2.52. The molecule has 1 aliphatic carbocycles. The highest BCUT2D eigenvalue weighted by Gasteiger charge is 2.32. The summed E-state index contributed by atoms with van der Waals surface area (Å²) >= 11 is 1.54. The summed E-state index contributed by atoms with van der Waals surface area (Å²) in [7, 11) is 1.39. The summed E-state index contributed by atoms with van der Waals surface area (Å²) in [6.07, 6.45) is 1.47. The van der Waals surface area contributed by atoms with Gasteiger partial charge in [-0.1, -0.05) is 6.92 Å². The molecule has 4 nitrogen and oxygen atoms in total. The molecule has 2 unspecified atom stereocenters. The van der Waals surface area contributed by atoms with Gasteiger partial charge in [0.15, 0.2) is 5.13 Å². The minimum atomic E-state index is -0.244. The number of hydrogen-bond donors (Lipinski definition) is 1. The lowest BCUT2D eigenvalue weighted by molar-refractivity contribution is -0.139. The number of ether oxygens (including phenoxy) is 1. The second-order valence-electron chi connectivity index (χ2n) is 3.86. The summed E-state index contributed by atoms with van der Waals surface area (Å²) in [5, 5.41) is 6.13. The van der Waals surface area contributed by atoms with E-state index in [1.807, 2.05) is 5.38 Å². The third kappa shape index (κ3) is 2.68. The van der Waals surface area contributed by atoms with Gasteiger partial charge in [-0.15, -0.1) is 11.3 Å². The van der Waals surface area contributed by atoms with Crippen LogP contribution in [-0.4, -0.2) is 24.1 Å². The Labute approximate surface area is 92.7 Å². The molecule has 0 spiro atoms. The lowest BCUT2D eigenvalue weighted by Gasteiger charge is -1.98. The monoisotopic (exact) mass is 226 g/mol. The van der Waals surface area contributed by atoms with Crippen LogP contribution in [0.1, 0.15) is 19.0 Å². The van der Waals surface area contributed by atoms with Crippen LogP contribution < -0.4 is 5.32 Å². The zero-order valence-electron chi connectivity index (χ0n) is 8.82. The first-order valence-electron chi connectivity index (χ1n) is 4.97. The van der Waals surface area contributed by atoms with Gasteiger partial charge in [0.1, 0.15) is 0 Å². The Balaban J connectivity index is 1.89. The lowest BCUT2D eigenvalue weighted by atomic mass is 10.3. The highest BCUT2D eigenvalue weighted by molar-refractivity contribution is 7.13. The van der Waals surface area contributed by atoms with Gasteiger partial charge in [-0.05, 0) is 12.3 Å². The summed E-state index contributed by atoms with van der Waals surface area (Å²) in [6.45, 7) is 2.21. The van der Waals surface area contributed by atoms with Crippen LogP contribution >= 0.6 is 11.3 Å². The number of aromatic nitrogens is 1. The second-order valence-corrected chi connectivity index (χ2v) is 4.72. The van der Waals surface area contributed by atoms with Crippen molar-refractivity contribution in [1.82, 2.24) is 4.98 Å². The van der Waals surface area contributed by atoms with Crippen molar-refractivity contribution in [2.75, 3.05) is 12.4 Å². The maximum atomic E-state index is 11.0. The molecule has 1 heterocycles. The molecule has 0 aromatic carbocycles. The molecule has 1 saturated carbocycles. The molecule has 0 aliphatic heterocycles. The first-order valence-corrected chi connectivity index (χ1v) is 5.84. The SMILES string of the molecule is COC(=O)Cc1csc(NC2CC2C)n1. The van der Waals surface area contributed by atoms with E-state index in [0.717, 1.165) is 16.7 Å². The minimum Gasteiger partial charge on any atom is -0.469 e. The van der Waals surface area contributed by atoms with Crippen molar-refractivity contribution in [2.45, 2.75) is 25.8 Å². The number of nitrogens with one attached hydrogen (secondary N) is 1. The van der Waals surface area contributed by atoms with E-state index in [2.05, 4.69) is 22.0 Å². The van der Waals surface area contributed by atoms with Gasteiger partial charge in [0.25, 0.3) is 0 Å². The number of carbonyl (C=O) groups excluding carboxylic acids is 1. The normalized spacial score (nSPS) is 23.6. The van der Waals surface area contributed by atoms with Gasteiger partial charge in [0, 0.05) is 11.4 Å². The number of hydrogen-bond acceptors (Lipinski definition) is 5. The van der Waals surface area contributed by atoms with Crippen molar-refractivity contribution < 1.29 is 9.53 Å². The van der Waals surface area contributed by atoms with Crippen LogP contribution in [0.2, 0.25) is 0 Å². The molecule has 0 amide bonds. The van der Waals surface area contributed by atoms with Gasteiger partial charge in [0.2, 0.25) is 0 Å². The van der Waals surface area contributed by atoms with E-state index in [-0.39, 0.29) is 12.4 Å². The Bertz CT molecular complexity index is 364. The van der Waals surface area contributed by atoms with Crippen LogP contribution in [0, 0.1) is 5.92 Å². The number of rotatable bonds is 4. The van der Waals surface area contributed by atoms with Gasteiger partial charge in [-0.2, -0.15) is 0 Å². The standard InChI is InChI=1S/C10H14N2O2S/c1-6-3-8(6)12-10-11-7(5-15-10)4-9(13)14-2/h5-6,8H,3-4H2,1-2H3,(H,11,12). The zero-order valence-corrected chi connectivity index (χ0v) is 9.63. The molecule has 82 valence electrons. The van der Waals surface area contributed by atoms with E-state index in [1.54, 1.807) is 11.3 Å². The first-order chi connectivity index (χ1) is 7.19. The van der Waals surface area contributed by atoms with Crippen LogP contribution in [0.25, 0.3) is 0 Å². The highest BCUT2D eigenvalue weighted by Crippen LogP contribution is 2.33. The lowest BCUT2D eigenvalue weighted by Crippen LogP contribution is -2.06. The van der Waals surface area contributed by atoms with Crippen LogP contribution in [-0.2, 0) is 16.0 Å². The summed E-state index contributed by atoms with van der Waals surface area (Å²) < 4.78 is 4.58. The number of esters is 1. The third-order valence-corrected chi connectivity index (χ3v) is 3.35. The Hall–Kier alpha value is -1.10. The Morgan fingerprint density at radius 1 is 1.80 bits per heavy atom. The molecule has 0 radical (unpaired) electrons. The van der Waals surface area contributed by atoms with E-state index in [0.29, 0.717) is 6.04 Å². The van der Waals surface area contributed by atoms with E-state index < -0.39 is 0 Å². The molecule has 0 saturated heterocycles. The van der Waals surface area contributed by atoms with Crippen molar-refractivity contribution in [3.05, 3.63) is 11.1 Å². The molecule has 1 aliphatic rings. The Kier molecular flexibility index (Phi) is 2.90. The van der Waals surface area contributed by atoms with Crippen molar-refractivity contribution in [3.63, 3.8) is 0 Å². The fraction of sp³-hybridized carbons (Fsp3) is 0.600. The number of carbonyl (C=O) groups is 1. The first kappa shape index (κ1) is 10.4. The van der Waals surface area contributed by atoms with Crippen molar-refractivity contribution in [3.8, 4) is 0 Å². The van der Waals surface area contributed by atoms with Crippen LogP contribution in [0.15, 0.2) is 5.38 Å². The van der Waals surface area contributed by atoms with Gasteiger partial charge in [0.05, 0.1) is 19.2 Å². The molecule has 0 bridgehead atoms. The quantitative estimate of drug-likeness (QED) is 0.794. The van der Waals surface area contributed by atoms with Gasteiger partial charge in [-0.25, -0.2) is 4.98 Å². The average Bonchev–Trinajstić information content (AvgIpc) is 2.72. The second kappa shape index (κ2) is 4.18. The number of thiazole rings is 1. The summed E-state index contributed by atoms with van der Waals surface area (Å²) in [5.74, 6) is 0.504. The van der Waals surface area contributed by atoms with E-state index in [9.17, 15) is 4.79 Å². The number of anilines is 1. The topological polar surface area (TPSA) is 51.2 Å². The van der Waals surface area contributed by atoms with Crippen LogP contribution in [0.5, 0.6) is 0 Å². The Morgan fingerprint density at radius 2 is 2.53 bits per heavy atom. The van der Waals surface area contributed by atoms with Gasteiger partial charge >= 0.3 is 5.97 Å². The Morgan fingerprint density at radius 3 is 3.13 bits per heavy atom. The van der Waals surface area contributed by atoms with Crippen LogP contribution in [0.4, 0.5) is 5.13 Å². The molecular formula is C10H14N2O2S. The van der Waals surface area contributed by atoms with E-state index in [1.165, 1.54) is 13.5 Å². The number of methoxy groups -OCH3 is 1. The van der Waals surface area contributed by atoms with E-state index in [4.69, 9.17) is 0 Å². The smallest absolute Gasteiger partial charge is 0.311 e. The molecule has 1 fully saturated rings. The molecule has 1 aromatic heterocycles. The minimum absolute atomic E-state index is 0.244. The highest BCUT2D eigenvalue weighted by atomic mass is 32.1. The van der Waals surface area contributed by atoms with Gasteiger partial charge in [-0.3, -0.25) is 4.79 Å². The summed E-state index contributed by atoms with van der Waals surface area (Å²) in [5.41, 5.74) is 0.780. The van der Waals surface area contributed by atoms with Crippen LogP contribution in [0.3, 0.4) is 0 Å². The zero-order chi connectivity index (χ0) is 10.8. The van der Waals surface area contributed by atoms with Crippen molar-refractivity contribution in [2.24, 2.45) is 5.92 Å². The fourth-order valence-electron chi connectivity index (χ4n) is 1.36. The number of nitrogens with zero attached hydrogens (tertiary/aromatic N) is 1. The van der Waals surface area contributed by atoms with E-state index >= 15 is 0 Å². The van der Waals surface area contributed by atoms with Crippen molar-refractivity contribution in [1.29, 1.82) is 0 Å². The van der Waals surface area contributed by atoms with Crippen molar-refractivity contribution >= 4 is 22.4 Å². The molecule has 2 atom stereocenters. The maximum absolute atomic E-state index is 11.0. The molecule has 15 heavy (non-hydrogen) atoms. The molecule has 2 rings (SSSR count). The maximum Gasteiger partial charge on any atom is 0.311 e. The largest absolute Gasteiger partial charge is 0.469 e. The van der Waals surface area contributed by atoms with Gasteiger partial charge < -0.3 is 10.1 Å². The fourth-order valence-corrected chi connectivity index (χ4v) is 2.13. The summed E-state index contributed by atoms with van der Waals surface area (Å²) in [6, 6.07) is 0.571. The molecule has 1 N–H and O–H groups in total. The summed E-state index contributed by atoms with van der Waals surface area (Å²) in [4.78, 5) is 15.3.